The summed E-state index contributed by atoms with van der Waals surface area (Å²) >= 11 is 6.05. The highest BCUT2D eigenvalue weighted by atomic mass is 35.5. The van der Waals surface area contributed by atoms with Gasteiger partial charge in [0, 0.05) is 16.4 Å². The Morgan fingerprint density at radius 1 is 1.19 bits per heavy atom. The van der Waals surface area contributed by atoms with Gasteiger partial charge in [0.1, 0.15) is 0 Å². The summed E-state index contributed by atoms with van der Waals surface area (Å²) in [4.78, 5) is 27.1. The molecule has 0 atom stereocenters. The van der Waals surface area contributed by atoms with Gasteiger partial charge >= 0.3 is 5.97 Å². The average molecular weight is 382 g/mol. The summed E-state index contributed by atoms with van der Waals surface area (Å²) in [6.45, 7) is 3.82. The monoisotopic (exact) mass is 381 g/mol. The Balaban J connectivity index is 2.11. The predicted octanol–water partition coefficient (Wildman–Crippen LogP) is 4.78. The largest absolute Gasteiger partial charge is 0.465 e. The Labute approximate surface area is 163 Å². The number of methoxy groups -OCH3 is 1. The zero-order chi connectivity index (χ0) is 19.6. The number of nitrogens with zero attached hydrogens (tertiary/aromatic N) is 1. The van der Waals surface area contributed by atoms with Crippen LogP contribution in [0.5, 0.6) is 0 Å². The molecule has 2 aromatic carbocycles. The topological polar surface area (TPSA) is 46.6 Å². The number of carbonyl (C=O) groups excluding carboxylic acids is 2. The van der Waals surface area contributed by atoms with Crippen LogP contribution in [0.25, 0.3) is 6.08 Å². The minimum absolute atomic E-state index is 0.266. The molecule has 5 heteroatoms. The van der Waals surface area contributed by atoms with E-state index in [1.807, 2.05) is 30.3 Å². The zero-order valence-corrected chi connectivity index (χ0v) is 16.2. The first-order valence-corrected chi connectivity index (χ1v) is 9.04. The molecular formula is C22H20ClNO3. The molecule has 0 unspecified atom stereocenters. The molecular weight excluding hydrogens is 362 g/mol. The molecule has 138 valence electrons. The van der Waals surface area contributed by atoms with Gasteiger partial charge < -0.3 is 4.74 Å². The number of rotatable bonds is 4. The highest BCUT2D eigenvalue weighted by Gasteiger charge is 2.37. The van der Waals surface area contributed by atoms with Crippen molar-refractivity contribution in [1.29, 1.82) is 0 Å². The van der Waals surface area contributed by atoms with Crippen LogP contribution in [-0.2, 0) is 20.7 Å². The van der Waals surface area contributed by atoms with Crippen LogP contribution >= 0.6 is 11.6 Å². The number of ether oxygens (including phenoxy) is 1. The summed E-state index contributed by atoms with van der Waals surface area (Å²) in [5.74, 6) is -0.807. The van der Waals surface area contributed by atoms with Crippen LogP contribution in [0.15, 0.2) is 65.4 Å². The van der Waals surface area contributed by atoms with Gasteiger partial charge in [-0.2, -0.15) is 0 Å². The van der Waals surface area contributed by atoms with Crippen LogP contribution in [-0.4, -0.2) is 19.0 Å². The van der Waals surface area contributed by atoms with Gasteiger partial charge in [-0.05, 0) is 54.8 Å². The lowest BCUT2D eigenvalue weighted by atomic mass is 10.0. The first-order valence-electron chi connectivity index (χ1n) is 8.66. The highest BCUT2D eigenvalue weighted by Crippen LogP contribution is 2.35. The van der Waals surface area contributed by atoms with E-state index in [2.05, 4.69) is 6.92 Å². The van der Waals surface area contributed by atoms with Gasteiger partial charge in [-0.15, -0.1) is 0 Å². The van der Waals surface area contributed by atoms with E-state index in [-0.39, 0.29) is 11.5 Å². The second-order valence-electron chi connectivity index (χ2n) is 6.23. The molecule has 1 amide bonds. The molecule has 27 heavy (non-hydrogen) atoms. The molecule has 4 nitrogen and oxygen atoms in total. The number of anilines is 1. The van der Waals surface area contributed by atoms with Gasteiger partial charge in [0.15, 0.2) is 0 Å². The van der Waals surface area contributed by atoms with E-state index >= 15 is 0 Å². The lowest BCUT2D eigenvalue weighted by molar-refractivity contribution is -0.136. The van der Waals surface area contributed by atoms with Crippen LogP contribution in [0.3, 0.4) is 0 Å². The lowest BCUT2D eigenvalue weighted by Crippen LogP contribution is -2.24. The second-order valence-corrected chi connectivity index (χ2v) is 6.66. The Kier molecular flexibility index (Phi) is 5.47. The van der Waals surface area contributed by atoms with Crippen LogP contribution in [0.4, 0.5) is 5.69 Å². The maximum atomic E-state index is 13.2. The summed E-state index contributed by atoms with van der Waals surface area (Å²) in [5, 5.41) is 0.558. The van der Waals surface area contributed by atoms with E-state index in [1.165, 1.54) is 12.7 Å². The van der Waals surface area contributed by atoms with Crippen molar-refractivity contribution in [2.45, 2.75) is 20.3 Å². The van der Waals surface area contributed by atoms with E-state index in [9.17, 15) is 9.59 Å². The molecule has 0 saturated heterocycles. The lowest BCUT2D eigenvalue weighted by Gasteiger charge is -2.18. The molecule has 2 aromatic rings. The molecule has 3 rings (SSSR count). The first kappa shape index (κ1) is 18.9. The molecule has 1 aliphatic rings. The third kappa shape index (κ3) is 3.67. The Bertz CT molecular complexity index is 958. The molecule has 1 heterocycles. The van der Waals surface area contributed by atoms with E-state index < -0.39 is 5.97 Å². The molecule has 0 aromatic heterocycles. The minimum atomic E-state index is -0.540. The highest BCUT2D eigenvalue weighted by molar-refractivity contribution is 6.30. The fourth-order valence-electron chi connectivity index (χ4n) is 3.13. The average Bonchev–Trinajstić information content (AvgIpc) is 2.91. The van der Waals surface area contributed by atoms with Crippen molar-refractivity contribution in [3.8, 4) is 0 Å². The third-order valence-corrected chi connectivity index (χ3v) is 4.79. The zero-order valence-electron chi connectivity index (χ0n) is 15.5. The quantitative estimate of drug-likeness (QED) is 0.565. The fraction of sp³-hybridized carbons (Fsp3) is 0.182. The summed E-state index contributed by atoms with van der Waals surface area (Å²) in [6, 6.07) is 14.8. The van der Waals surface area contributed by atoms with Crippen LogP contribution in [0.1, 0.15) is 25.0 Å². The maximum absolute atomic E-state index is 13.2. The molecule has 0 aliphatic carbocycles. The number of allylic oxidation sites excluding steroid dienone is 1. The van der Waals surface area contributed by atoms with Gasteiger partial charge in [0.25, 0.3) is 5.91 Å². The van der Waals surface area contributed by atoms with E-state index in [0.29, 0.717) is 22.0 Å². The SMILES string of the molecule is CCc1ccc(N2C(=O)/C(=C\c3cccc(Cl)c3)C(C(=O)OC)=C2C)cc1. The molecule has 0 bridgehead atoms. The minimum Gasteiger partial charge on any atom is -0.465 e. The molecule has 0 saturated carbocycles. The molecule has 0 N–H and O–H groups in total. The van der Waals surface area contributed by atoms with E-state index in [0.717, 1.165) is 12.0 Å². The van der Waals surface area contributed by atoms with Gasteiger partial charge in [0.2, 0.25) is 0 Å². The number of amides is 1. The number of carbonyl (C=O) groups is 2. The van der Waals surface area contributed by atoms with Crippen molar-refractivity contribution in [2.75, 3.05) is 12.0 Å². The van der Waals surface area contributed by atoms with Gasteiger partial charge in [-0.3, -0.25) is 9.69 Å². The van der Waals surface area contributed by atoms with Crippen LogP contribution in [0, 0.1) is 0 Å². The van der Waals surface area contributed by atoms with Crippen molar-refractivity contribution in [3.05, 3.63) is 81.5 Å². The maximum Gasteiger partial charge on any atom is 0.340 e. The number of halogens is 1. The Morgan fingerprint density at radius 3 is 2.48 bits per heavy atom. The number of hydrogen-bond acceptors (Lipinski definition) is 3. The number of aryl methyl sites for hydroxylation is 1. The van der Waals surface area contributed by atoms with Gasteiger partial charge in [-0.25, -0.2) is 4.79 Å². The smallest absolute Gasteiger partial charge is 0.340 e. The van der Waals surface area contributed by atoms with Gasteiger partial charge in [-0.1, -0.05) is 42.8 Å². The summed E-state index contributed by atoms with van der Waals surface area (Å²) < 4.78 is 4.92. The van der Waals surface area contributed by atoms with Crippen molar-refractivity contribution in [2.24, 2.45) is 0 Å². The first-order chi connectivity index (χ1) is 13.0. The van der Waals surface area contributed by atoms with Crippen molar-refractivity contribution < 1.29 is 14.3 Å². The van der Waals surface area contributed by atoms with E-state index in [4.69, 9.17) is 16.3 Å². The molecule has 1 aliphatic heterocycles. The summed E-state index contributed by atoms with van der Waals surface area (Å²) in [6.07, 6.45) is 2.58. The van der Waals surface area contributed by atoms with Crippen LogP contribution < -0.4 is 4.90 Å². The van der Waals surface area contributed by atoms with Crippen molar-refractivity contribution in [3.63, 3.8) is 0 Å². The Morgan fingerprint density at radius 2 is 1.89 bits per heavy atom. The molecule has 0 fully saturated rings. The summed E-state index contributed by atoms with van der Waals surface area (Å²) in [5.41, 5.74) is 3.73. The molecule has 0 radical (unpaired) electrons. The Hall–Kier alpha value is -2.85. The van der Waals surface area contributed by atoms with E-state index in [1.54, 1.807) is 36.1 Å². The molecule has 0 spiro atoms. The third-order valence-electron chi connectivity index (χ3n) is 4.55. The van der Waals surface area contributed by atoms with Crippen molar-refractivity contribution >= 4 is 35.2 Å². The summed E-state index contributed by atoms with van der Waals surface area (Å²) in [7, 11) is 1.31. The number of benzene rings is 2. The normalized spacial score (nSPS) is 15.6. The number of hydrogen-bond donors (Lipinski definition) is 0. The van der Waals surface area contributed by atoms with Crippen LogP contribution in [0.2, 0.25) is 5.02 Å². The number of esters is 1. The predicted molar refractivity (Wildman–Crippen MR) is 107 cm³/mol. The fourth-order valence-corrected chi connectivity index (χ4v) is 3.33. The van der Waals surface area contributed by atoms with Crippen molar-refractivity contribution in [1.82, 2.24) is 0 Å². The second kappa shape index (κ2) is 7.80. The standard InChI is InChI=1S/C22H20ClNO3/c1-4-15-8-10-18(11-9-15)24-14(2)20(22(26)27-3)19(21(24)25)13-16-6-5-7-17(23)12-16/h5-13H,4H2,1-3H3/b19-13-. The van der Waals surface area contributed by atoms with Gasteiger partial charge in [0.05, 0.1) is 18.3 Å².